The second-order valence-corrected chi connectivity index (χ2v) is 7.16. The van der Waals surface area contributed by atoms with Gasteiger partial charge in [-0.25, -0.2) is 4.98 Å². The monoisotopic (exact) mass is 391 g/mol. The molecule has 148 valence electrons. The smallest absolute Gasteiger partial charge is 0.270 e. The van der Waals surface area contributed by atoms with Crippen LogP contribution in [0.15, 0.2) is 54.7 Å². The molecule has 3 aromatic rings. The molecular weight excluding hydrogens is 370 g/mol. The van der Waals surface area contributed by atoms with Crippen molar-refractivity contribution < 1.29 is 9.72 Å². The molecule has 2 heterocycles. The average molecular weight is 391 g/mol. The van der Waals surface area contributed by atoms with E-state index in [1.165, 1.54) is 12.1 Å². The number of hydrogen-bond donors (Lipinski definition) is 2. The molecule has 1 amide bonds. The van der Waals surface area contributed by atoms with Crippen LogP contribution in [0.5, 0.6) is 0 Å². The molecule has 1 unspecified atom stereocenters. The summed E-state index contributed by atoms with van der Waals surface area (Å²) in [5.41, 5.74) is 8.19. The number of nitrogens with one attached hydrogen (secondary N) is 1. The van der Waals surface area contributed by atoms with Gasteiger partial charge in [0.2, 0.25) is 0 Å². The highest BCUT2D eigenvalue weighted by atomic mass is 16.6. The van der Waals surface area contributed by atoms with Crippen LogP contribution in [0.1, 0.15) is 34.9 Å². The van der Waals surface area contributed by atoms with Gasteiger partial charge in [0.05, 0.1) is 28.1 Å². The van der Waals surface area contributed by atoms with Gasteiger partial charge in [-0.05, 0) is 24.5 Å². The Balaban J connectivity index is 1.59. The zero-order valence-electron chi connectivity index (χ0n) is 15.7. The van der Waals surface area contributed by atoms with Gasteiger partial charge >= 0.3 is 0 Å². The summed E-state index contributed by atoms with van der Waals surface area (Å²) in [6.07, 6.45) is 3.72. The number of primary amides is 1. The van der Waals surface area contributed by atoms with E-state index in [1.54, 1.807) is 6.07 Å². The second kappa shape index (κ2) is 7.75. The number of piperidine rings is 1. The zero-order valence-corrected chi connectivity index (χ0v) is 15.7. The Kier molecular flexibility index (Phi) is 4.99. The van der Waals surface area contributed by atoms with Gasteiger partial charge in [0, 0.05) is 31.1 Å². The van der Waals surface area contributed by atoms with Gasteiger partial charge in [0.25, 0.3) is 11.6 Å². The van der Waals surface area contributed by atoms with Gasteiger partial charge in [-0.2, -0.15) is 0 Å². The fraction of sp³-hybridized carbons (Fsp3) is 0.238. The van der Waals surface area contributed by atoms with Crippen molar-refractivity contribution in [1.82, 2.24) is 9.97 Å². The first-order chi connectivity index (χ1) is 14.0. The number of H-pyrrole nitrogens is 1. The minimum absolute atomic E-state index is 0.144. The lowest BCUT2D eigenvalue weighted by molar-refractivity contribution is -0.384. The van der Waals surface area contributed by atoms with Gasteiger partial charge in [-0.3, -0.25) is 14.9 Å². The molecule has 29 heavy (non-hydrogen) atoms. The molecule has 3 N–H and O–H groups in total. The number of aromatic amines is 1. The second-order valence-electron chi connectivity index (χ2n) is 7.16. The molecule has 1 atom stereocenters. The van der Waals surface area contributed by atoms with E-state index in [0.29, 0.717) is 12.2 Å². The highest BCUT2D eigenvalue weighted by molar-refractivity contribution is 5.99. The molecule has 2 aromatic carbocycles. The number of nitrogens with zero attached hydrogens (tertiary/aromatic N) is 3. The van der Waals surface area contributed by atoms with Crippen LogP contribution in [0.4, 0.5) is 11.4 Å². The summed E-state index contributed by atoms with van der Waals surface area (Å²) in [6, 6.07) is 14.3. The van der Waals surface area contributed by atoms with E-state index < -0.39 is 10.8 Å². The van der Waals surface area contributed by atoms with Crippen molar-refractivity contribution in [2.75, 3.05) is 18.0 Å². The third-order valence-corrected chi connectivity index (χ3v) is 5.29. The van der Waals surface area contributed by atoms with E-state index in [1.807, 2.05) is 36.5 Å². The molecule has 0 saturated carbocycles. The molecule has 8 heteroatoms. The SMILES string of the molecule is NC(=O)c1cc([N+](=O)[O-])ccc1N1CCCC(c2ncc(-c3ccccc3)[nH]2)C1. The van der Waals surface area contributed by atoms with Crippen molar-refractivity contribution in [3.63, 3.8) is 0 Å². The van der Waals surface area contributed by atoms with E-state index in [2.05, 4.69) is 14.9 Å². The third kappa shape index (κ3) is 3.82. The molecular formula is C21H21N5O3. The van der Waals surface area contributed by atoms with Crippen LogP contribution in [0.2, 0.25) is 0 Å². The Hall–Kier alpha value is -3.68. The van der Waals surface area contributed by atoms with Crippen molar-refractivity contribution in [2.24, 2.45) is 5.73 Å². The molecule has 1 fully saturated rings. The van der Waals surface area contributed by atoms with Crippen LogP contribution < -0.4 is 10.6 Å². The topological polar surface area (TPSA) is 118 Å². The van der Waals surface area contributed by atoms with Gasteiger partial charge in [0.15, 0.2) is 0 Å². The van der Waals surface area contributed by atoms with Gasteiger partial charge in [0.1, 0.15) is 5.82 Å². The summed E-state index contributed by atoms with van der Waals surface area (Å²) in [5, 5.41) is 11.0. The molecule has 0 aliphatic carbocycles. The third-order valence-electron chi connectivity index (χ3n) is 5.29. The lowest BCUT2D eigenvalue weighted by Crippen LogP contribution is -2.36. The maximum absolute atomic E-state index is 11.9. The zero-order chi connectivity index (χ0) is 20.4. The van der Waals surface area contributed by atoms with Crippen LogP contribution >= 0.6 is 0 Å². The number of amides is 1. The Morgan fingerprint density at radius 1 is 1.24 bits per heavy atom. The first-order valence-corrected chi connectivity index (χ1v) is 9.46. The predicted octanol–water partition coefficient (Wildman–Crippen LogP) is 3.47. The summed E-state index contributed by atoms with van der Waals surface area (Å²) in [4.78, 5) is 32.5. The van der Waals surface area contributed by atoms with E-state index in [9.17, 15) is 14.9 Å². The van der Waals surface area contributed by atoms with Crippen molar-refractivity contribution in [1.29, 1.82) is 0 Å². The van der Waals surface area contributed by atoms with Gasteiger partial charge < -0.3 is 15.6 Å². The van der Waals surface area contributed by atoms with E-state index in [-0.39, 0.29) is 17.2 Å². The Morgan fingerprint density at radius 2 is 2.03 bits per heavy atom. The maximum atomic E-state index is 11.9. The number of carbonyl (C=O) groups excluding carboxylic acids is 1. The van der Waals surface area contributed by atoms with E-state index in [0.717, 1.165) is 36.5 Å². The molecule has 0 bridgehead atoms. The number of benzene rings is 2. The molecule has 1 saturated heterocycles. The predicted molar refractivity (Wildman–Crippen MR) is 110 cm³/mol. The first kappa shape index (κ1) is 18.7. The summed E-state index contributed by atoms with van der Waals surface area (Å²) < 4.78 is 0. The lowest BCUT2D eigenvalue weighted by Gasteiger charge is -2.34. The number of nitro benzene ring substituents is 1. The number of anilines is 1. The largest absolute Gasteiger partial charge is 0.370 e. The van der Waals surface area contributed by atoms with Crippen LogP contribution in [0, 0.1) is 10.1 Å². The number of nitrogens with two attached hydrogens (primary N) is 1. The molecule has 8 nitrogen and oxygen atoms in total. The van der Waals surface area contributed by atoms with E-state index in [4.69, 9.17) is 5.73 Å². The minimum atomic E-state index is -0.671. The fourth-order valence-electron chi connectivity index (χ4n) is 3.84. The van der Waals surface area contributed by atoms with Gasteiger partial charge in [-0.1, -0.05) is 30.3 Å². The molecule has 1 aromatic heterocycles. The van der Waals surface area contributed by atoms with Crippen LogP contribution in [-0.4, -0.2) is 33.9 Å². The molecule has 0 radical (unpaired) electrons. The molecule has 4 rings (SSSR count). The Morgan fingerprint density at radius 3 is 2.76 bits per heavy atom. The van der Waals surface area contributed by atoms with Crippen LogP contribution in [0.25, 0.3) is 11.3 Å². The Bertz CT molecular complexity index is 1050. The fourth-order valence-corrected chi connectivity index (χ4v) is 3.84. The maximum Gasteiger partial charge on any atom is 0.270 e. The molecule has 1 aliphatic rings. The van der Waals surface area contributed by atoms with Crippen molar-refractivity contribution in [3.8, 4) is 11.3 Å². The highest BCUT2D eigenvalue weighted by Gasteiger charge is 2.27. The first-order valence-electron chi connectivity index (χ1n) is 9.46. The Labute approximate surface area is 167 Å². The normalized spacial score (nSPS) is 16.6. The number of nitro groups is 1. The van der Waals surface area contributed by atoms with Crippen molar-refractivity contribution in [2.45, 2.75) is 18.8 Å². The van der Waals surface area contributed by atoms with Crippen molar-refractivity contribution in [3.05, 3.63) is 76.2 Å². The number of hydrogen-bond acceptors (Lipinski definition) is 5. The summed E-state index contributed by atoms with van der Waals surface area (Å²) in [7, 11) is 0. The number of carbonyl (C=O) groups is 1. The number of aromatic nitrogens is 2. The number of imidazole rings is 1. The van der Waals surface area contributed by atoms with Gasteiger partial charge in [-0.15, -0.1) is 0 Å². The highest BCUT2D eigenvalue weighted by Crippen LogP contribution is 2.33. The molecule has 0 spiro atoms. The van der Waals surface area contributed by atoms with Crippen LogP contribution in [-0.2, 0) is 0 Å². The van der Waals surface area contributed by atoms with Crippen molar-refractivity contribution >= 4 is 17.3 Å². The number of rotatable bonds is 5. The quantitative estimate of drug-likeness (QED) is 0.510. The summed E-state index contributed by atoms with van der Waals surface area (Å²) in [5.74, 6) is 0.392. The molecule has 1 aliphatic heterocycles. The summed E-state index contributed by atoms with van der Waals surface area (Å²) >= 11 is 0. The lowest BCUT2D eigenvalue weighted by atomic mass is 9.96. The minimum Gasteiger partial charge on any atom is -0.370 e. The summed E-state index contributed by atoms with van der Waals surface area (Å²) in [6.45, 7) is 1.40. The number of non-ortho nitro benzene ring substituents is 1. The average Bonchev–Trinajstić information content (AvgIpc) is 3.24. The van der Waals surface area contributed by atoms with E-state index >= 15 is 0 Å². The van der Waals surface area contributed by atoms with Crippen LogP contribution in [0.3, 0.4) is 0 Å². The standard InChI is InChI=1S/C21H21N5O3/c22-20(27)17-11-16(26(28)29)8-9-19(17)25-10-4-7-15(13-25)21-23-12-18(24-21)14-5-2-1-3-6-14/h1-3,5-6,8-9,11-12,15H,4,7,10,13H2,(H2,22,27)(H,23,24).